The maximum Gasteiger partial charge on any atom is 0.302 e. The number of esters is 1. The van der Waals surface area contributed by atoms with Gasteiger partial charge in [-0.2, -0.15) is 0 Å². The van der Waals surface area contributed by atoms with Gasteiger partial charge in [0.2, 0.25) is 0 Å². The highest BCUT2D eigenvalue weighted by molar-refractivity contribution is 5.66. The molecule has 0 heterocycles. The number of rotatable bonds is 7. The molecule has 0 aliphatic heterocycles. The van der Waals surface area contributed by atoms with E-state index < -0.39 is 0 Å². The normalized spacial score (nSPS) is 40.4. The highest BCUT2D eigenvalue weighted by atomic mass is 16.8. The van der Waals surface area contributed by atoms with Crippen molar-refractivity contribution in [1.82, 2.24) is 5.23 Å². The first-order valence-electron chi connectivity index (χ1n) is 14.0. The van der Waals surface area contributed by atoms with Crippen LogP contribution in [0.1, 0.15) is 112 Å². The van der Waals surface area contributed by atoms with Crippen LogP contribution in [0.3, 0.4) is 0 Å². The molecule has 3 saturated carbocycles. The van der Waals surface area contributed by atoms with Gasteiger partial charge in [0, 0.05) is 19.0 Å². The molecule has 0 spiro atoms. The second-order valence-corrected chi connectivity index (χ2v) is 13.2. The van der Waals surface area contributed by atoms with Gasteiger partial charge in [-0.05, 0) is 96.9 Å². The minimum atomic E-state index is -0.264. The number of ether oxygens (including phenoxy) is 1. The number of hydrogen-bond acceptors (Lipinski definition) is 5. The smallest absolute Gasteiger partial charge is 0.302 e. The minimum Gasteiger partial charge on any atom is -0.734 e. The molecule has 0 radical (unpaired) electrons. The zero-order valence-corrected chi connectivity index (χ0v) is 22.4. The molecule has 0 amide bonds. The van der Waals surface area contributed by atoms with Gasteiger partial charge < -0.3 is 15.2 Å². The number of nitrogens with zero attached hydrogens (tertiary/aromatic N) is 1. The summed E-state index contributed by atoms with van der Waals surface area (Å²) < 4.78 is 5.55. The lowest BCUT2D eigenvalue weighted by molar-refractivity contribution is -0.149. The summed E-state index contributed by atoms with van der Waals surface area (Å²) in [7, 11) is 0. The van der Waals surface area contributed by atoms with Crippen LogP contribution in [0, 0.1) is 51.5 Å². The van der Waals surface area contributed by atoms with Crippen LogP contribution < -0.4 is 0 Å². The fourth-order valence-electron chi connectivity index (χ4n) is 9.29. The highest BCUT2D eigenvalue weighted by Gasteiger charge is 2.60. The standard InChI is InChI=1S/C29H48NO4/c1-18(2)8-7-9-19(3)23-10-11-24-22-17-27(30(32)33)26-16-21(34-20(4)31)12-14-29(26,6)25(22)13-15-28(23,24)5/h18-19,21-25,32H,7-17H2,1-6H3/q-1/t19-,21+,22-,23-,24+,25-,28-,29-/m1/s1. The third-order valence-electron chi connectivity index (χ3n) is 10.9. The van der Waals surface area contributed by atoms with Gasteiger partial charge in [0.25, 0.3) is 0 Å². The Morgan fingerprint density at radius 1 is 1.09 bits per heavy atom. The molecule has 4 aliphatic rings. The van der Waals surface area contributed by atoms with Crippen molar-refractivity contribution in [2.45, 2.75) is 118 Å². The van der Waals surface area contributed by atoms with Crippen LogP contribution in [0.4, 0.5) is 0 Å². The van der Waals surface area contributed by atoms with E-state index in [1.807, 2.05) is 0 Å². The summed E-state index contributed by atoms with van der Waals surface area (Å²) in [5, 5.41) is 22.8. The molecule has 0 aromatic rings. The third kappa shape index (κ3) is 4.56. The van der Waals surface area contributed by atoms with Gasteiger partial charge in [-0.25, -0.2) is 0 Å². The topological polar surface area (TPSA) is 72.8 Å². The van der Waals surface area contributed by atoms with E-state index in [9.17, 15) is 15.2 Å². The van der Waals surface area contributed by atoms with Crippen LogP contribution in [0.5, 0.6) is 0 Å². The van der Waals surface area contributed by atoms with Crippen LogP contribution in [0.15, 0.2) is 11.3 Å². The first-order chi connectivity index (χ1) is 16.0. The summed E-state index contributed by atoms with van der Waals surface area (Å²) in [4.78, 5) is 11.6. The molecule has 5 nitrogen and oxygen atoms in total. The largest absolute Gasteiger partial charge is 0.734 e. The summed E-state index contributed by atoms with van der Waals surface area (Å²) >= 11 is 0. The quantitative estimate of drug-likeness (QED) is 0.306. The summed E-state index contributed by atoms with van der Waals surface area (Å²) in [6, 6.07) is 0. The maximum atomic E-state index is 12.4. The molecule has 3 fully saturated rings. The van der Waals surface area contributed by atoms with Crippen molar-refractivity contribution in [1.29, 1.82) is 0 Å². The molecule has 0 unspecified atom stereocenters. The van der Waals surface area contributed by atoms with Gasteiger partial charge in [0.1, 0.15) is 6.10 Å². The van der Waals surface area contributed by atoms with Crippen LogP contribution in [-0.4, -0.2) is 22.5 Å². The number of fused-ring (bicyclic) bond motifs is 5. The second-order valence-electron chi connectivity index (χ2n) is 13.2. The number of allylic oxidation sites excluding steroid dienone is 1. The van der Waals surface area contributed by atoms with Crippen molar-refractivity contribution in [2.75, 3.05) is 0 Å². The van der Waals surface area contributed by atoms with Crippen LogP contribution in [0.25, 0.3) is 0 Å². The fraction of sp³-hybridized carbons (Fsp3) is 0.897. The predicted octanol–water partition coefficient (Wildman–Crippen LogP) is 7.48. The fourth-order valence-corrected chi connectivity index (χ4v) is 9.29. The van der Waals surface area contributed by atoms with Crippen molar-refractivity contribution < 1.29 is 14.7 Å². The van der Waals surface area contributed by atoms with Gasteiger partial charge in [-0.3, -0.25) is 10.0 Å². The molecule has 0 saturated heterocycles. The zero-order valence-electron chi connectivity index (χ0n) is 22.4. The van der Waals surface area contributed by atoms with E-state index in [1.165, 1.54) is 51.9 Å². The number of hydroxylamine groups is 2. The predicted molar refractivity (Wildman–Crippen MR) is 135 cm³/mol. The lowest BCUT2D eigenvalue weighted by atomic mass is 9.46. The summed E-state index contributed by atoms with van der Waals surface area (Å²) in [6.45, 7) is 13.5. The SMILES string of the molecule is CC(=O)O[C@H]1CC[C@@]2(C)C(=C(N([O-])O)C[C@H]3[C@H]2CC[C@]2(C)[C@@H]([C@H](C)CCCC(C)C)CC[C@@H]32)C1. The Kier molecular flexibility index (Phi) is 7.47. The zero-order chi connectivity index (χ0) is 24.8. The van der Waals surface area contributed by atoms with Crippen molar-refractivity contribution in [2.24, 2.45) is 46.3 Å². The Balaban J connectivity index is 1.57. The van der Waals surface area contributed by atoms with Crippen molar-refractivity contribution in [3.05, 3.63) is 16.5 Å². The number of carbonyl (C=O) groups excluding carboxylic acids is 1. The van der Waals surface area contributed by atoms with E-state index in [0.29, 0.717) is 41.7 Å². The molecule has 194 valence electrons. The van der Waals surface area contributed by atoms with Crippen LogP contribution in [-0.2, 0) is 9.53 Å². The summed E-state index contributed by atoms with van der Waals surface area (Å²) in [5.74, 6) is 3.68. The van der Waals surface area contributed by atoms with E-state index in [0.717, 1.165) is 36.2 Å². The average Bonchev–Trinajstić information content (AvgIpc) is 3.10. The molecular formula is C29H48NO4-. The second kappa shape index (κ2) is 9.76. The van der Waals surface area contributed by atoms with Gasteiger partial charge in [0.15, 0.2) is 0 Å². The van der Waals surface area contributed by atoms with E-state index >= 15 is 0 Å². The van der Waals surface area contributed by atoms with Crippen molar-refractivity contribution in [3.8, 4) is 0 Å². The Hall–Kier alpha value is -1.07. The number of carbonyl (C=O) groups is 1. The molecule has 4 aliphatic carbocycles. The Bertz CT molecular complexity index is 791. The Morgan fingerprint density at radius 2 is 1.82 bits per heavy atom. The minimum absolute atomic E-state index is 0.0808. The molecule has 1 N–H and O–H groups in total. The molecule has 0 aromatic heterocycles. The Morgan fingerprint density at radius 3 is 2.47 bits per heavy atom. The molecule has 4 rings (SSSR count). The number of hydrogen-bond donors (Lipinski definition) is 1. The molecule has 5 heteroatoms. The lowest BCUT2D eigenvalue weighted by Gasteiger charge is -2.60. The van der Waals surface area contributed by atoms with Gasteiger partial charge in [0.05, 0.1) is 0 Å². The molecule has 8 atom stereocenters. The van der Waals surface area contributed by atoms with Crippen molar-refractivity contribution >= 4 is 5.97 Å². The maximum absolute atomic E-state index is 12.4. The van der Waals surface area contributed by atoms with Gasteiger partial charge >= 0.3 is 5.97 Å². The van der Waals surface area contributed by atoms with Crippen LogP contribution >= 0.6 is 0 Å². The molecule has 0 bridgehead atoms. The van der Waals surface area contributed by atoms with Gasteiger partial charge in [-0.15, -0.1) is 0 Å². The molecule has 0 aromatic carbocycles. The monoisotopic (exact) mass is 474 g/mol. The lowest BCUT2D eigenvalue weighted by Crippen LogP contribution is -2.52. The third-order valence-corrected chi connectivity index (χ3v) is 10.9. The van der Waals surface area contributed by atoms with Crippen LogP contribution in [0.2, 0.25) is 0 Å². The van der Waals surface area contributed by atoms with E-state index in [2.05, 4.69) is 34.6 Å². The highest BCUT2D eigenvalue weighted by Crippen LogP contribution is 2.68. The molecular weight excluding hydrogens is 426 g/mol. The molecule has 34 heavy (non-hydrogen) atoms. The summed E-state index contributed by atoms with van der Waals surface area (Å²) in [6.07, 6.45) is 11.9. The Labute approximate surface area is 207 Å². The van der Waals surface area contributed by atoms with E-state index in [4.69, 9.17) is 4.74 Å². The van der Waals surface area contributed by atoms with Gasteiger partial charge in [-0.1, -0.05) is 53.9 Å². The van der Waals surface area contributed by atoms with E-state index in [-0.39, 0.29) is 22.7 Å². The first-order valence-corrected chi connectivity index (χ1v) is 14.0. The van der Waals surface area contributed by atoms with E-state index in [1.54, 1.807) is 0 Å². The van der Waals surface area contributed by atoms with Crippen molar-refractivity contribution in [3.63, 3.8) is 0 Å². The first kappa shape index (κ1) is 26.0. The average molecular weight is 475 g/mol. The summed E-state index contributed by atoms with van der Waals surface area (Å²) in [5.41, 5.74) is 1.89.